The second kappa shape index (κ2) is 7.53. The van der Waals surface area contributed by atoms with E-state index in [1.54, 1.807) is 6.20 Å². The highest BCUT2D eigenvalue weighted by Crippen LogP contribution is 2.27. The van der Waals surface area contributed by atoms with E-state index < -0.39 is 0 Å². The standard InChI is InChI=1S/C19H24N4O3/c1-13-16(3-2-7-20-13)19(24)23-8-4-14(12-23)11-17-21-18(26-22-17)15-5-9-25-10-6-15/h2-3,7,14-15H,4-6,8-12H2,1H3. The van der Waals surface area contributed by atoms with Crippen molar-refractivity contribution < 1.29 is 14.1 Å². The zero-order valence-corrected chi connectivity index (χ0v) is 15.1. The lowest BCUT2D eigenvalue weighted by molar-refractivity contribution is 0.0778. The van der Waals surface area contributed by atoms with Gasteiger partial charge in [0.05, 0.1) is 5.56 Å². The molecular weight excluding hydrogens is 332 g/mol. The Morgan fingerprint density at radius 2 is 2.15 bits per heavy atom. The smallest absolute Gasteiger partial charge is 0.255 e. The van der Waals surface area contributed by atoms with E-state index in [1.165, 1.54) is 0 Å². The molecule has 1 amide bonds. The van der Waals surface area contributed by atoms with Gasteiger partial charge in [0.25, 0.3) is 5.91 Å². The largest absolute Gasteiger partial charge is 0.381 e. The Morgan fingerprint density at radius 3 is 2.96 bits per heavy atom. The van der Waals surface area contributed by atoms with Crippen molar-refractivity contribution in [2.24, 2.45) is 5.92 Å². The molecule has 7 heteroatoms. The minimum Gasteiger partial charge on any atom is -0.381 e. The molecule has 4 heterocycles. The number of nitrogens with zero attached hydrogens (tertiary/aromatic N) is 4. The van der Waals surface area contributed by atoms with Crippen LogP contribution in [0.15, 0.2) is 22.9 Å². The average Bonchev–Trinajstić information content (AvgIpc) is 3.32. The minimum absolute atomic E-state index is 0.0640. The summed E-state index contributed by atoms with van der Waals surface area (Å²) in [6.07, 6.45) is 5.31. The van der Waals surface area contributed by atoms with Gasteiger partial charge in [-0.2, -0.15) is 4.98 Å². The Balaban J connectivity index is 1.35. The van der Waals surface area contributed by atoms with E-state index in [0.29, 0.717) is 17.4 Å². The fraction of sp³-hybridized carbons (Fsp3) is 0.579. The third-order valence-electron chi connectivity index (χ3n) is 5.34. The van der Waals surface area contributed by atoms with Gasteiger partial charge >= 0.3 is 0 Å². The predicted molar refractivity (Wildman–Crippen MR) is 93.8 cm³/mol. The van der Waals surface area contributed by atoms with Crippen LogP contribution >= 0.6 is 0 Å². The van der Waals surface area contributed by atoms with Gasteiger partial charge in [0, 0.05) is 50.5 Å². The number of aryl methyl sites for hydroxylation is 1. The Bertz CT molecular complexity index is 770. The van der Waals surface area contributed by atoms with Crippen molar-refractivity contribution in [2.45, 2.75) is 38.5 Å². The summed E-state index contributed by atoms with van der Waals surface area (Å²) < 4.78 is 10.9. The molecule has 2 aromatic rings. The first kappa shape index (κ1) is 17.1. The van der Waals surface area contributed by atoms with Crippen LogP contribution in [0.2, 0.25) is 0 Å². The fourth-order valence-corrected chi connectivity index (χ4v) is 3.78. The molecular formula is C19H24N4O3. The van der Waals surface area contributed by atoms with Crippen LogP contribution < -0.4 is 0 Å². The van der Waals surface area contributed by atoms with Gasteiger partial charge in [-0.1, -0.05) is 5.16 Å². The van der Waals surface area contributed by atoms with Crippen LogP contribution in [0.3, 0.4) is 0 Å². The van der Waals surface area contributed by atoms with E-state index in [2.05, 4.69) is 15.1 Å². The summed E-state index contributed by atoms with van der Waals surface area (Å²) in [7, 11) is 0. The van der Waals surface area contributed by atoms with E-state index >= 15 is 0 Å². The zero-order chi connectivity index (χ0) is 17.9. The maximum absolute atomic E-state index is 12.7. The molecule has 0 N–H and O–H groups in total. The molecule has 0 bridgehead atoms. The molecule has 138 valence electrons. The van der Waals surface area contributed by atoms with Crippen LogP contribution in [0.1, 0.15) is 52.9 Å². The number of carbonyl (C=O) groups excluding carboxylic acids is 1. The lowest BCUT2D eigenvalue weighted by atomic mass is 10.0. The molecule has 0 spiro atoms. The predicted octanol–water partition coefficient (Wildman–Crippen LogP) is 2.37. The Hall–Kier alpha value is -2.28. The summed E-state index contributed by atoms with van der Waals surface area (Å²) in [6.45, 7) is 4.89. The van der Waals surface area contributed by atoms with Gasteiger partial charge in [0.1, 0.15) is 0 Å². The SMILES string of the molecule is Cc1ncccc1C(=O)N1CCC(Cc2noc(C3CCOCC3)n2)C1. The molecule has 2 aromatic heterocycles. The number of pyridine rings is 1. The van der Waals surface area contributed by atoms with Crippen LogP contribution in [-0.4, -0.2) is 52.2 Å². The number of likely N-dealkylation sites (tertiary alicyclic amines) is 1. The van der Waals surface area contributed by atoms with Gasteiger partial charge in [-0.25, -0.2) is 0 Å². The highest BCUT2D eigenvalue weighted by molar-refractivity contribution is 5.95. The third-order valence-corrected chi connectivity index (χ3v) is 5.34. The van der Waals surface area contributed by atoms with E-state index in [-0.39, 0.29) is 5.91 Å². The first-order chi connectivity index (χ1) is 12.7. The van der Waals surface area contributed by atoms with Crippen molar-refractivity contribution in [1.29, 1.82) is 0 Å². The molecule has 0 aliphatic carbocycles. The van der Waals surface area contributed by atoms with Crippen LogP contribution in [0.5, 0.6) is 0 Å². The number of rotatable bonds is 4. The molecule has 2 saturated heterocycles. The number of ether oxygens (including phenoxy) is 1. The van der Waals surface area contributed by atoms with Crippen molar-refractivity contribution in [2.75, 3.05) is 26.3 Å². The average molecular weight is 356 g/mol. The summed E-state index contributed by atoms with van der Waals surface area (Å²) in [4.78, 5) is 23.4. The van der Waals surface area contributed by atoms with Crippen LogP contribution in [0.4, 0.5) is 0 Å². The van der Waals surface area contributed by atoms with Crippen molar-refractivity contribution in [3.63, 3.8) is 0 Å². The topological polar surface area (TPSA) is 81.4 Å². The lowest BCUT2D eigenvalue weighted by Gasteiger charge is -2.18. The fourth-order valence-electron chi connectivity index (χ4n) is 3.78. The Labute approximate surface area is 152 Å². The summed E-state index contributed by atoms with van der Waals surface area (Å²) in [5.41, 5.74) is 1.47. The van der Waals surface area contributed by atoms with Gasteiger partial charge in [0.2, 0.25) is 5.89 Å². The number of carbonyl (C=O) groups is 1. The number of hydrogen-bond donors (Lipinski definition) is 0. The Morgan fingerprint density at radius 1 is 1.31 bits per heavy atom. The van der Waals surface area contributed by atoms with E-state index in [4.69, 9.17) is 9.26 Å². The summed E-state index contributed by atoms with van der Waals surface area (Å²) >= 11 is 0. The van der Waals surface area contributed by atoms with Crippen molar-refractivity contribution in [1.82, 2.24) is 20.0 Å². The third kappa shape index (κ3) is 3.62. The maximum atomic E-state index is 12.7. The quantitative estimate of drug-likeness (QED) is 0.836. The first-order valence-electron chi connectivity index (χ1n) is 9.32. The molecule has 0 radical (unpaired) electrons. The molecule has 1 atom stereocenters. The van der Waals surface area contributed by atoms with E-state index in [9.17, 15) is 4.79 Å². The normalized spacial score (nSPS) is 21.3. The number of amides is 1. The van der Waals surface area contributed by atoms with Crippen LogP contribution in [0.25, 0.3) is 0 Å². The van der Waals surface area contributed by atoms with Gasteiger partial charge in [-0.3, -0.25) is 9.78 Å². The summed E-state index contributed by atoms with van der Waals surface area (Å²) in [5, 5.41) is 4.16. The maximum Gasteiger partial charge on any atom is 0.255 e. The van der Waals surface area contributed by atoms with Gasteiger partial charge < -0.3 is 14.2 Å². The molecule has 7 nitrogen and oxygen atoms in total. The van der Waals surface area contributed by atoms with Crippen LogP contribution in [-0.2, 0) is 11.2 Å². The zero-order valence-electron chi connectivity index (χ0n) is 15.1. The molecule has 2 aliphatic rings. The van der Waals surface area contributed by atoms with Gasteiger partial charge in [0.15, 0.2) is 5.82 Å². The monoisotopic (exact) mass is 356 g/mol. The molecule has 26 heavy (non-hydrogen) atoms. The van der Waals surface area contributed by atoms with Crippen molar-refractivity contribution in [3.8, 4) is 0 Å². The number of hydrogen-bond acceptors (Lipinski definition) is 6. The second-order valence-electron chi connectivity index (χ2n) is 7.18. The first-order valence-corrected chi connectivity index (χ1v) is 9.32. The summed E-state index contributed by atoms with van der Waals surface area (Å²) in [6, 6.07) is 3.66. The minimum atomic E-state index is 0.0640. The lowest BCUT2D eigenvalue weighted by Crippen LogP contribution is -2.29. The highest BCUT2D eigenvalue weighted by atomic mass is 16.5. The molecule has 0 saturated carbocycles. The highest BCUT2D eigenvalue weighted by Gasteiger charge is 2.29. The molecule has 1 unspecified atom stereocenters. The molecule has 0 aromatic carbocycles. The summed E-state index contributed by atoms with van der Waals surface area (Å²) in [5.74, 6) is 2.24. The van der Waals surface area contributed by atoms with E-state index in [0.717, 1.165) is 69.4 Å². The second-order valence-corrected chi connectivity index (χ2v) is 7.18. The van der Waals surface area contributed by atoms with Crippen LogP contribution in [0, 0.1) is 12.8 Å². The van der Waals surface area contributed by atoms with Gasteiger partial charge in [-0.15, -0.1) is 0 Å². The van der Waals surface area contributed by atoms with Crippen molar-refractivity contribution >= 4 is 5.91 Å². The number of aromatic nitrogens is 3. The Kier molecular flexibility index (Phi) is 4.97. The van der Waals surface area contributed by atoms with Gasteiger partial charge in [-0.05, 0) is 44.2 Å². The molecule has 2 aliphatic heterocycles. The molecule has 2 fully saturated rings. The van der Waals surface area contributed by atoms with Crippen molar-refractivity contribution in [3.05, 3.63) is 41.3 Å². The van der Waals surface area contributed by atoms with E-state index in [1.807, 2.05) is 24.0 Å². The molecule has 4 rings (SSSR count).